The van der Waals surface area contributed by atoms with Gasteiger partial charge in [-0.05, 0) is 62.6 Å². The molecule has 1 N–H and O–H groups in total. The van der Waals surface area contributed by atoms with Crippen molar-refractivity contribution in [1.82, 2.24) is 5.32 Å². The van der Waals surface area contributed by atoms with Crippen LogP contribution in [0.15, 0.2) is 42.5 Å². The van der Waals surface area contributed by atoms with E-state index in [-0.39, 0.29) is 11.9 Å². The molecule has 146 valence electrons. The first-order chi connectivity index (χ1) is 12.7. The van der Waals surface area contributed by atoms with Gasteiger partial charge in [-0.2, -0.15) is 0 Å². The summed E-state index contributed by atoms with van der Waals surface area (Å²) in [5.41, 5.74) is 4.52. The second-order valence-electron chi connectivity index (χ2n) is 6.77. The SMILES string of the molecule is CC[C@H](NC(=O)c1ccc(N(CC)S(C)(=O)=O)cc1)c1ccc(C)cc1C. The quantitative estimate of drug-likeness (QED) is 0.780. The second kappa shape index (κ2) is 8.57. The van der Waals surface area contributed by atoms with E-state index in [1.165, 1.54) is 16.1 Å². The van der Waals surface area contributed by atoms with E-state index in [0.29, 0.717) is 17.8 Å². The number of anilines is 1. The number of rotatable bonds is 7. The molecule has 0 aromatic heterocycles. The molecule has 1 atom stereocenters. The predicted octanol–water partition coefficient (Wildman–Crippen LogP) is 3.97. The molecular formula is C21H28N2O3S. The Morgan fingerprint density at radius 1 is 1.07 bits per heavy atom. The maximum atomic E-state index is 12.7. The molecule has 0 saturated heterocycles. The van der Waals surface area contributed by atoms with E-state index in [0.717, 1.165) is 17.5 Å². The van der Waals surface area contributed by atoms with Crippen LogP contribution in [0.4, 0.5) is 5.69 Å². The maximum absolute atomic E-state index is 12.7. The van der Waals surface area contributed by atoms with Crippen LogP contribution in [0.25, 0.3) is 0 Å². The third kappa shape index (κ3) is 5.10. The van der Waals surface area contributed by atoms with Gasteiger partial charge in [0.15, 0.2) is 0 Å². The van der Waals surface area contributed by atoms with Crippen LogP contribution in [0.2, 0.25) is 0 Å². The number of benzene rings is 2. The first-order valence-corrected chi connectivity index (χ1v) is 11.0. The fourth-order valence-electron chi connectivity index (χ4n) is 3.25. The van der Waals surface area contributed by atoms with E-state index in [4.69, 9.17) is 0 Å². The molecule has 0 spiro atoms. The van der Waals surface area contributed by atoms with Crippen molar-refractivity contribution in [3.63, 3.8) is 0 Å². The summed E-state index contributed by atoms with van der Waals surface area (Å²) in [6.45, 7) is 8.26. The van der Waals surface area contributed by atoms with Crippen LogP contribution in [-0.4, -0.2) is 27.1 Å². The minimum absolute atomic E-state index is 0.0686. The van der Waals surface area contributed by atoms with Crippen molar-refractivity contribution in [2.24, 2.45) is 0 Å². The lowest BCUT2D eigenvalue weighted by Gasteiger charge is -2.22. The summed E-state index contributed by atoms with van der Waals surface area (Å²) in [7, 11) is -3.34. The van der Waals surface area contributed by atoms with Crippen molar-refractivity contribution in [2.45, 2.75) is 40.2 Å². The zero-order chi connectivity index (χ0) is 20.2. The van der Waals surface area contributed by atoms with E-state index in [1.54, 1.807) is 31.2 Å². The van der Waals surface area contributed by atoms with Crippen LogP contribution in [0.3, 0.4) is 0 Å². The summed E-state index contributed by atoms with van der Waals surface area (Å²) in [5, 5.41) is 3.08. The van der Waals surface area contributed by atoms with E-state index in [9.17, 15) is 13.2 Å². The molecule has 0 heterocycles. The number of hydrogen-bond donors (Lipinski definition) is 1. The first-order valence-electron chi connectivity index (χ1n) is 9.13. The van der Waals surface area contributed by atoms with Crippen molar-refractivity contribution in [1.29, 1.82) is 0 Å². The molecule has 0 aliphatic rings. The highest BCUT2D eigenvalue weighted by Crippen LogP contribution is 2.23. The van der Waals surface area contributed by atoms with Crippen molar-refractivity contribution >= 4 is 21.6 Å². The van der Waals surface area contributed by atoms with Crippen molar-refractivity contribution in [2.75, 3.05) is 17.1 Å². The third-order valence-corrected chi connectivity index (χ3v) is 5.89. The molecule has 0 bridgehead atoms. The third-order valence-electron chi connectivity index (χ3n) is 4.62. The molecule has 1 amide bonds. The molecule has 5 nitrogen and oxygen atoms in total. The normalized spacial score (nSPS) is 12.5. The van der Waals surface area contributed by atoms with Gasteiger partial charge < -0.3 is 5.32 Å². The van der Waals surface area contributed by atoms with Gasteiger partial charge in [-0.25, -0.2) is 8.42 Å². The average Bonchev–Trinajstić information content (AvgIpc) is 2.60. The Kier molecular flexibility index (Phi) is 6.65. The molecule has 6 heteroatoms. The van der Waals surface area contributed by atoms with Crippen molar-refractivity contribution in [3.8, 4) is 0 Å². The summed E-state index contributed by atoms with van der Waals surface area (Å²) >= 11 is 0. The van der Waals surface area contributed by atoms with Gasteiger partial charge in [-0.1, -0.05) is 30.7 Å². The summed E-state index contributed by atoms with van der Waals surface area (Å²) < 4.78 is 25.0. The van der Waals surface area contributed by atoms with Gasteiger partial charge in [-0.15, -0.1) is 0 Å². The number of aryl methyl sites for hydroxylation is 2. The van der Waals surface area contributed by atoms with Crippen molar-refractivity contribution < 1.29 is 13.2 Å². The standard InChI is InChI=1S/C21H28N2O3S/c1-6-20(19-13-8-15(3)14-16(19)4)22-21(24)17-9-11-18(12-10-17)23(7-2)27(5,25)26/h8-14,20H,6-7H2,1-5H3,(H,22,24)/t20-/m0/s1. The van der Waals surface area contributed by atoms with Gasteiger partial charge in [0.2, 0.25) is 10.0 Å². The van der Waals surface area contributed by atoms with Gasteiger partial charge in [0.25, 0.3) is 5.91 Å². The number of sulfonamides is 1. The minimum atomic E-state index is -3.34. The summed E-state index contributed by atoms with van der Waals surface area (Å²) in [4.78, 5) is 12.7. The first kappa shape index (κ1) is 21.0. The highest BCUT2D eigenvalue weighted by molar-refractivity contribution is 7.92. The molecule has 2 aromatic rings. The van der Waals surface area contributed by atoms with Gasteiger partial charge in [0, 0.05) is 12.1 Å². The summed E-state index contributed by atoms with van der Waals surface area (Å²) in [5.74, 6) is -0.171. The molecular weight excluding hydrogens is 360 g/mol. The number of carbonyl (C=O) groups excluding carboxylic acids is 1. The van der Waals surface area contributed by atoms with Gasteiger partial charge in [0.05, 0.1) is 18.0 Å². The molecule has 0 aliphatic carbocycles. The lowest BCUT2D eigenvalue weighted by Crippen LogP contribution is -2.30. The Morgan fingerprint density at radius 2 is 1.70 bits per heavy atom. The van der Waals surface area contributed by atoms with E-state index >= 15 is 0 Å². The smallest absolute Gasteiger partial charge is 0.251 e. The predicted molar refractivity (Wildman–Crippen MR) is 111 cm³/mol. The second-order valence-corrected chi connectivity index (χ2v) is 8.68. The van der Waals surface area contributed by atoms with E-state index in [2.05, 4.69) is 30.4 Å². The lowest BCUT2D eigenvalue weighted by atomic mass is 9.97. The van der Waals surface area contributed by atoms with E-state index in [1.807, 2.05) is 13.8 Å². The molecule has 0 radical (unpaired) electrons. The molecule has 27 heavy (non-hydrogen) atoms. The fourth-order valence-corrected chi connectivity index (χ4v) is 4.22. The van der Waals surface area contributed by atoms with Gasteiger partial charge in [-0.3, -0.25) is 9.10 Å². The lowest BCUT2D eigenvalue weighted by molar-refractivity contribution is 0.0935. The molecule has 2 aromatic carbocycles. The summed E-state index contributed by atoms with van der Waals surface area (Å²) in [6, 6.07) is 12.8. The maximum Gasteiger partial charge on any atom is 0.251 e. The average molecular weight is 389 g/mol. The number of nitrogens with one attached hydrogen (secondary N) is 1. The summed E-state index contributed by atoms with van der Waals surface area (Å²) in [6.07, 6.45) is 1.96. The van der Waals surface area contributed by atoms with Crippen LogP contribution in [0, 0.1) is 13.8 Å². The molecule has 0 unspecified atom stereocenters. The zero-order valence-electron chi connectivity index (χ0n) is 16.6. The van der Waals surface area contributed by atoms with E-state index < -0.39 is 10.0 Å². The fraction of sp³-hybridized carbons (Fsp3) is 0.381. The van der Waals surface area contributed by atoms with Crippen LogP contribution < -0.4 is 9.62 Å². The molecule has 0 fully saturated rings. The number of amides is 1. The monoisotopic (exact) mass is 388 g/mol. The Morgan fingerprint density at radius 3 is 2.19 bits per heavy atom. The van der Waals surface area contributed by atoms with Crippen LogP contribution in [0.1, 0.15) is 53.4 Å². The van der Waals surface area contributed by atoms with Crippen LogP contribution >= 0.6 is 0 Å². The zero-order valence-corrected chi connectivity index (χ0v) is 17.4. The van der Waals surface area contributed by atoms with Gasteiger partial charge in [0.1, 0.15) is 0 Å². The number of nitrogens with zero attached hydrogens (tertiary/aromatic N) is 1. The topological polar surface area (TPSA) is 66.5 Å². The van der Waals surface area contributed by atoms with Crippen molar-refractivity contribution in [3.05, 3.63) is 64.7 Å². The molecule has 0 aliphatic heterocycles. The highest BCUT2D eigenvalue weighted by atomic mass is 32.2. The Labute approximate surface area is 162 Å². The number of hydrogen-bond acceptors (Lipinski definition) is 3. The Balaban J connectivity index is 2.19. The van der Waals surface area contributed by atoms with Gasteiger partial charge >= 0.3 is 0 Å². The molecule has 2 rings (SSSR count). The molecule has 0 saturated carbocycles. The highest BCUT2D eigenvalue weighted by Gasteiger charge is 2.18. The van der Waals surface area contributed by atoms with Crippen LogP contribution in [-0.2, 0) is 10.0 Å². The van der Waals surface area contributed by atoms with Crippen LogP contribution in [0.5, 0.6) is 0 Å². The largest absolute Gasteiger partial charge is 0.345 e. The minimum Gasteiger partial charge on any atom is -0.345 e. The number of carbonyl (C=O) groups is 1. The Bertz CT molecular complexity index is 906. The Hall–Kier alpha value is -2.34.